The van der Waals surface area contributed by atoms with Crippen molar-refractivity contribution < 1.29 is 9.18 Å². The number of hydrogen-bond acceptors (Lipinski definition) is 3. The first-order valence-electron chi connectivity index (χ1n) is 7.26. The fraction of sp³-hybridized carbons (Fsp3) is 0.375. The highest BCUT2D eigenvalue weighted by molar-refractivity contribution is 6.33. The number of aromatic nitrogens is 2. The van der Waals surface area contributed by atoms with Gasteiger partial charge in [-0.2, -0.15) is 0 Å². The van der Waals surface area contributed by atoms with Crippen molar-refractivity contribution in [1.82, 2.24) is 19.8 Å². The van der Waals surface area contributed by atoms with E-state index in [0.717, 1.165) is 11.4 Å². The van der Waals surface area contributed by atoms with Gasteiger partial charge in [-0.15, -0.1) is 0 Å². The van der Waals surface area contributed by atoms with Crippen LogP contribution in [0.5, 0.6) is 0 Å². The minimum Gasteiger partial charge on any atom is -0.348 e. The number of imidazole rings is 1. The van der Waals surface area contributed by atoms with Crippen molar-refractivity contribution >= 4 is 17.5 Å². The smallest absolute Gasteiger partial charge is 0.255 e. The molecule has 23 heavy (non-hydrogen) atoms. The molecule has 0 saturated heterocycles. The molecule has 0 aliphatic carbocycles. The van der Waals surface area contributed by atoms with Crippen LogP contribution in [0.2, 0.25) is 5.02 Å². The number of amides is 1. The number of benzene rings is 1. The summed E-state index contributed by atoms with van der Waals surface area (Å²) in [5.74, 6) is -0.792. The van der Waals surface area contributed by atoms with Gasteiger partial charge in [0.1, 0.15) is 5.82 Å². The summed E-state index contributed by atoms with van der Waals surface area (Å²) in [6.45, 7) is 3.41. The first-order valence-corrected chi connectivity index (χ1v) is 7.64. The second-order valence-electron chi connectivity index (χ2n) is 5.63. The van der Waals surface area contributed by atoms with Crippen molar-refractivity contribution in [3.63, 3.8) is 0 Å². The van der Waals surface area contributed by atoms with Gasteiger partial charge in [0.15, 0.2) is 0 Å². The molecule has 1 aromatic carbocycles. The second-order valence-corrected chi connectivity index (χ2v) is 6.04. The van der Waals surface area contributed by atoms with Crippen LogP contribution in [0.4, 0.5) is 4.39 Å². The standard InChI is InChI=1S/C16H20ClFN4O/c1-11-15(20-10-19-11)9-22(7-6-21(2)3)16(23)13-8-12(18)4-5-14(13)17/h4-5,8,10H,6-7,9H2,1-3H3,(H,19,20). The number of carbonyl (C=O) groups excluding carboxylic acids is 1. The van der Waals surface area contributed by atoms with Crippen LogP contribution in [0.25, 0.3) is 0 Å². The molecule has 7 heteroatoms. The Hall–Kier alpha value is -1.92. The van der Waals surface area contributed by atoms with Gasteiger partial charge in [0.05, 0.1) is 29.2 Å². The maximum atomic E-state index is 13.5. The highest BCUT2D eigenvalue weighted by Crippen LogP contribution is 2.20. The number of hydrogen-bond donors (Lipinski definition) is 1. The molecule has 1 amide bonds. The Kier molecular flexibility index (Phi) is 5.74. The zero-order valence-corrected chi connectivity index (χ0v) is 14.2. The lowest BCUT2D eigenvalue weighted by atomic mass is 10.1. The van der Waals surface area contributed by atoms with Crippen LogP contribution in [-0.4, -0.2) is 52.9 Å². The van der Waals surface area contributed by atoms with Gasteiger partial charge in [0.25, 0.3) is 5.91 Å². The largest absolute Gasteiger partial charge is 0.348 e. The fourth-order valence-corrected chi connectivity index (χ4v) is 2.33. The van der Waals surface area contributed by atoms with Gasteiger partial charge in [-0.1, -0.05) is 11.6 Å². The predicted octanol–water partition coefficient (Wildman–Crippen LogP) is 2.71. The highest BCUT2D eigenvalue weighted by Gasteiger charge is 2.21. The van der Waals surface area contributed by atoms with E-state index in [1.807, 2.05) is 25.9 Å². The van der Waals surface area contributed by atoms with Crippen molar-refractivity contribution in [2.45, 2.75) is 13.5 Å². The number of likely N-dealkylation sites (N-methyl/N-ethyl adjacent to an activating group) is 1. The molecule has 1 heterocycles. The molecule has 1 aromatic heterocycles. The molecule has 1 N–H and O–H groups in total. The molecule has 0 fully saturated rings. The molecule has 0 aliphatic heterocycles. The SMILES string of the molecule is Cc1[nH]cnc1CN(CCN(C)C)C(=O)c1cc(F)ccc1Cl. The zero-order chi connectivity index (χ0) is 17.0. The van der Waals surface area contributed by atoms with Crippen molar-refractivity contribution in [3.05, 3.63) is 52.3 Å². The van der Waals surface area contributed by atoms with E-state index in [1.54, 1.807) is 11.2 Å². The van der Waals surface area contributed by atoms with Gasteiger partial charge >= 0.3 is 0 Å². The lowest BCUT2D eigenvalue weighted by molar-refractivity contribution is 0.0729. The molecule has 0 unspecified atom stereocenters. The van der Waals surface area contributed by atoms with E-state index in [1.165, 1.54) is 18.2 Å². The van der Waals surface area contributed by atoms with Gasteiger partial charge in [-0.3, -0.25) is 4.79 Å². The minimum absolute atomic E-state index is 0.165. The molecule has 0 aliphatic rings. The van der Waals surface area contributed by atoms with Crippen LogP contribution < -0.4 is 0 Å². The van der Waals surface area contributed by atoms with Gasteiger partial charge in [-0.25, -0.2) is 9.37 Å². The quantitative estimate of drug-likeness (QED) is 0.881. The third kappa shape index (κ3) is 4.53. The van der Waals surface area contributed by atoms with Crippen molar-refractivity contribution in [2.75, 3.05) is 27.2 Å². The van der Waals surface area contributed by atoms with Gasteiger partial charge in [0.2, 0.25) is 0 Å². The predicted molar refractivity (Wildman–Crippen MR) is 88.0 cm³/mol. The van der Waals surface area contributed by atoms with Crippen LogP contribution in [0.1, 0.15) is 21.7 Å². The fourth-order valence-electron chi connectivity index (χ4n) is 2.13. The van der Waals surface area contributed by atoms with E-state index in [2.05, 4.69) is 9.97 Å². The second kappa shape index (κ2) is 7.57. The number of H-pyrrole nitrogens is 1. The van der Waals surface area contributed by atoms with Crippen molar-refractivity contribution in [1.29, 1.82) is 0 Å². The summed E-state index contributed by atoms with van der Waals surface area (Å²) in [6, 6.07) is 3.81. The monoisotopic (exact) mass is 338 g/mol. The van der Waals surface area contributed by atoms with E-state index >= 15 is 0 Å². The number of aromatic amines is 1. The van der Waals surface area contributed by atoms with Crippen LogP contribution in [0, 0.1) is 12.7 Å². The normalized spacial score (nSPS) is 11.0. The molecule has 0 bridgehead atoms. The summed E-state index contributed by atoms with van der Waals surface area (Å²) in [4.78, 5) is 23.6. The Labute approximate surface area is 140 Å². The van der Waals surface area contributed by atoms with Crippen molar-refractivity contribution in [3.8, 4) is 0 Å². The number of nitrogens with one attached hydrogen (secondary N) is 1. The molecule has 0 saturated carbocycles. The molecule has 5 nitrogen and oxygen atoms in total. The van der Waals surface area contributed by atoms with Crippen molar-refractivity contribution in [2.24, 2.45) is 0 Å². The van der Waals surface area contributed by atoms with Crippen LogP contribution in [0.3, 0.4) is 0 Å². The number of halogens is 2. The Morgan fingerprint density at radius 2 is 2.09 bits per heavy atom. The summed E-state index contributed by atoms with van der Waals surface area (Å²) in [5.41, 5.74) is 1.85. The van der Waals surface area contributed by atoms with E-state index in [4.69, 9.17) is 11.6 Å². The van der Waals surface area contributed by atoms with Crippen LogP contribution in [0.15, 0.2) is 24.5 Å². The molecule has 2 rings (SSSR count). The van der Waals surface area contributed by atoms with E-state index < -0.39 is 5.82 Å². The average molecular weight is 339 g/mol. The molecule has 0 atom stereocenters. The molecule has 0 radical (unpaired) electrons. The minimum atomic E-state index is -0.485. The molecule has 2 aromatic rings. The topological polar surface area (TPSA) is 52.2 Å². The Morgan fingerprint density at radius 3 is 2.70 bits per heavy atom. The first-order chi connectivity index (χ1) is 10.9. The van der Waals surface area contributed by atoms with Gasteiger partial charge < -0.3 is 14.8 Å². The summed E-state index contributed by atoms with van der Waals surface area (Å²) >= 11 is 6.06. The summed E-state index contributed by atoms with van der Waals surface area (Å²) in [6.07, 6.45) is 1.59. The lowest BCUT2D eigenvalue weighted by Crippen LogP contribution is -2.36. The number of rotatable bonds is 6. The van der Waals surface area contributed by atoms with Crippen LogP contribution in [-0.2, 0) is 6.54 Å². The Bertz CT molecular complexity index is 686. The molecule has 0 spiro atoms. The summed E-state index contributed by atoms with van der Waals surface area (Å²) in [7, 11) is 3.86. The Balaban J connectivity index is 2.26. The average Bonchev–Trinajstić information content (AvgIpc) is 2.90. The number of aryl methyl sites for hydroxylation is 1. The Morgan fingerprint density at radius 1 is 1.35 bits per heavy atom. The molecular formula is C16H20ClFN4O. The zero-order valence-electron chi connectivity index (χ0n) is 13.4. The lowest BCUT2D eigenvalue weighted by Gasteiger charge is -2.24. The number of carbonyl (C=O) groups is 1. The third-order valence-electron chi connectivity index (χ3n) is 3.54. The van der Waals surface area contributed by atoms with E-state index in [9.17, 15) is 9.18 Å². The maximum Gasteiger partial charge on any atom is 0.255 e. The van der Waals surface area contributed by atoms with E-state index in [-0.39, 0.29) is 16.5 Å². The summed E-state index contributed by atoms with van der Waals surface area (Å²) in [5, 5.41) is 0.241. The highest BCUT2D eigenvalue weighted by atomic mass is 35.5. The van der Waals surface area contributed by atoms with Crippen LogP contribution >= 0.6 is 11.6 Å². The van der Waals surface area contributed by atoms with Gasteiger partial charge in [0, 0.05) is 18.8 Å². The van der Waals surface area contributed by atoms with Gasteiger partial charge in [-0.05, 0) is 39.2 Å². The third-order valence-corrected chi connectivity index (χ3v) is 3.87. The molecular weight excluding hydrogens is 319 g/mol. The number of nitrogens with zero attached hydrogens (tertiary/aromatic N) is 3. The molecule has 124 valence electrons. The van der Waals surface area contributed by atoms with E-state index in [0.29, 0.717) is 19.6 Å². The summed E-state index contributed by atoms with van der Waals surface area (Å²) < 4.78 is 13.5. The first kappa shape index (κ1) is 17.4. The maximum absolute atomic E-state index is 13.5.